The molecule has 7 nitrogen and oxygen atoms in total. The molecule has 2 heterocycles. The molecule has 0 amide bonds. The van der Waals surface area contributed by atoms with Crippen molar-refractivity contribution in [2.45, 2.75) is 19.6 Å². The molecule has 3 rings (SSSR count). The van der Waals surface area contributed by atoms with Gasteiger partial charge in [0, 0.05) is 36.1 Å². The van der Waals surface area contributed by atoms with Crippen molar-refractivity contribution in [1.82, 2.24) is 0 Å². The van der Waals surface area contributed by atoms with E-state index in [2.05, 4.69) is 0 Å². The Kier molecular flexibility index (Phi) is 4.33. The van der Waals surface area contributed by atoms with Crippen molar-refractivity contribution in [3.05, 3.63) is 52.3 Å². The summed E-state index contributed by atoms with van der Waals surface area (Å²) in [5.41, 5.74) is -0.0490. The van der Waals surface area contributed by atoms with Gasteiger partial charge in [-0.3, -0.25) is 0 Å². The number of rotatable bonds is 3. The number of carboxylic acids is 1. The van der Waals surface area contributed by atoms with E-state index in [0.29, 0.717) is 11.3 Å². The molecule has 1 aromatic carbocycles. The number of carbonyl (C=O) groups is 3. The Hall–Kier alpha value is -3.06. The average Bonchev–Trinajstić information content (AvgIpc) is 2.99. The van der Waals surface area contributed by atoms with E-state index in [0.717, 1.165) is 0 Å². The van der Waals surface area contributed by atoms with Gasteiger partial charge in [-0.2, -0.15) is 0 Å². The highest BCUT2D eigenvalue weighted by Crippen LogP contribution is 2.29. The minimum Gasteiger partial charge on any atom is -0.545 e. The smallest absolute Gasteiger partial charge is 0.348 e. The van der Waals surface area contributed by atoms with Crippen molar-refractivity contribution in [1.29, 1.82) is 0 Å². The quantitative estimate of drug-likeness (QED) is 0.459. The number of benzene rings is 1. The van der Waals surface area contributed by atoms with Crippen LogP contribution in [0.3, 0.4) is 0 Å². The largest absolute Gasteiger partial charge is 0.545 e. The fourth-order valence-electron chi connectivity index (χ4n) is 2.34. The van der Waals surface area contributed by atoms with Gasteiger partial charge in [-0.25, -0.2) is 9.59 Å². The molecule has 134 valence electrons. The van der Waals surface area contributed by atoms with Crippen LogP contribution in [0.2, 0.25) is 5.02 Å². The van der Waals surface area contributed by atoms with Crippen LogP contribution in [-0.4, -0.2) is 23.7 Å². The first-order valence-corrected chi connectivity index (χ1v) is 7.83. The minimum atomic E-state index is -1.42. The lowest BCUT2D eigenvalue weighted by Crippen LogP contribution is -2.41. The molecule has 0 saturated carbocycles. The summed E-state index contributed by atoms with van der Waals surface area (Å²) >= 11 is 5.80. The highest BCUT2D eigenvalue weighted by Gasteiger charge is 2.39. The molecule has 1 aliphatic rings. The van der Waals surface area contributed by atoms with Crippen molar-refractivity contribution in [3.8, 4) is 11.3 Å². The second-order valence-corrected chi connectivity index (χ2v) is 6.33. The lowest BCUT2D eigenvalue weighted by molar-refractivity contribution is -0.255. The Morgan fingerprint density at radius 1 is 1.12 bits per heavy atom. The number of furan rings is 1. The van der Waals surface area contributed by atoms with Crippen molar-refractivity contribution in [3.63, 3.8) is 0 Å². The zero-order valence-corrected chi connectivity index (χ0v) is 14.5. The van der Waals surface area contributed by atoms with Crippen LogP contribution in [0.15, 0.2) is 40.3 Å². The molecular formula is C18H12ClO7-. The van der Waals surface area contributed by atoms with Gasteiger partial charge >= 0.3 is 11.9 Å². The molecule has 8 heteroatoms. The van der Waals surface area contributed by atoms with Gasteiger partial charge in [-0.05, 0) is 30.3 Å². The van der Waals surface area contributed by atoms with E-state index in [4.69, 9.17) is 25.5 Å². The second-order valence-electron chi connectivity index (χ2n) is 5.92. The highest BCUT2D eigenvalue weighted by atomic mass is 35.5. The van der Waals surface area contributed by atoms with E-state index in [1.165, 1.54) is 38.1 Å². The van der Waals surface area contributed by atoms with Crippen LogP contribution in [0, 0.1) is 0 Å². The zero-order chi connectivity index (χ0) is 19.1. The van der Waals surface area contributed by atoms with Crippen molar-refractivity contribution >= 4 is 35.6 Å². The van der Waals surface area contributed by atoms with Gasteiger partial charge in [-0.15, -0.1) is 0 Å². The van der Waals surface area contributed by atoms with Crippen LogP contribution in [0.25, 0.3) is 17.4 Å². The molecule has 1 aliphatic heterocycles. The number of cyclic esters (lactones) is 2. The molecule has 1 aromatic heterocycles. The summed E-state index contributed by atoms with van der Waals surface area (Å²) in [6.45, 7) is 2.89. The van der Waals surface area contributed by atoms with Crippen LogP contribution < -0.4 is 5.11 Å². The SMILES string of the molecule is CC1(C)OC(=O)C(=Cc2ccc(-c3ccc(Cl)c(C(=O)[O-])c3)o2)C(=O)O1. The van der Waals surface area contributed by atoms with E-state index in [9.17, 15) is 19.5 Å². The third kappa shape index (κ3) is 3.48. The summed E-state index contributed by atoms with van der Waals surface area (Å²) in [5, 5.41) is 11.1. The Bertz CT molecular complexity index is 930. The molecule has 1 fully saturated rings. The van der Waals surface area contributed by atoms with Crippen LogP contribution in [-0.2, 0) is 19.1 Å². The number of carboxylic acid groups (broad SMARTS) is 1. The zero-order valence-electron chi connectivity index (χ0n) is 13.7. The van der Waals surface area contributed by atoms with Crippen LogP contribution in [0.4, 0.5) is 0 Å². The fraction of sp³-hybridized carbons (Fsp3) is 0.167. The first-order valence-electron chi connectivity index (χ1n) is 7.46. The molecule has 2 aromatic rings. The third-order valence-corrected chi connectivity index (χ3v) is 3.83. The Morgan fingerprint density at radius 2 is 1.77 bits per heavy atom. The van der Waals surface area contributed by atoms with Gasteiger partial charge in [0.1, 0.15) is 17.1 Å². The summed E-state index contributed by atoms with van der Waals surface area (Å²) in [4.78, 5) is 34.9. The maximum Gasteiger partial charge on any atom is 0.348 e. The standard InChI is InChI=1S/C18H13ClO7/c1-18(2)25-16(22)12(17(23)26-18)8-10-4-6-14(24-10)9-3-5-13(19)11(7-9)15(20)21/h3-8H,1-2H3,(H,20,21)/p-1. The highest BCUT2D eigenvalue weighted by molar-refractivity contribution is 6.33. The molecule has 0 N–H and O–H groups in total. The van der Waals surface area contributed by atoms with Gasteiger partial charge in [0.15, 0.2) is 0 Å². The molecule has 0 unspecified atom stereocenters. The number of hydrogen-bond donors (Lipinski definition) is 0. The number of ether oxygens (including phenoxy) is 2. The van der Waals surface area contributed by atoms with Gasteiger partial charge in [-0.1, -0.05) is 11.6 Å². The normalized spacial score (nSPS) is 16.0. The number of halogens is 1. The molecule has 0 bridgehead atoms. The number of aromatic carboxylic acids is 1. The molecule has 0 spiro atoms. The Morgan fingerprint density at radius 3 is 2.38 bits per heavy atom. The number of hydrogen-bond acceptors (Lipinski definition) is 7. The predicted octanol–water partition coefficient (Wildman–Crippen LogP) is 2.18. The van der Waals surface area contributed by atoms with Gasteiger partial charge in [0.25, 0.3) is 5.79 Å². The van der Waals surface area contributed by atoms with Crippen molar-refractivity contribution in [2.24, 2.45) is 0 Å². The monoisotopic (exact) mass is 375 g/mol. The topological polar surface area (TPSA) is 106 Å². The minimum absolute atomic E-state index is 0.0398. The lowest BCUT2D eigenvalue weighted by atomic mass is 10.1. The first kappa shape index (κ1) is 17.8. The van der Waals surface area contributed by atoms with Gasteiger partial charge in [0.2, 0.25) is 0 Å². The Labute approximate surface area is 152 Å². The van der Waals surface area contributed by atoms with Crippen LogP contribution in [0.1, 0.15) is 30.0 Å². The van der Waals surface area contributed by atoms with Gasteiger partial charge in [0.05, 0.1) is 5.97 Å². The Balaban J connectivity index is 1.92. The van der Waals surface area contributed by atoms with Crippen LogP contribution >= 0.6 is 11.6 Å². The lowest BCUT2D eigenvalue weighted by Gasteiger charge is -2.29. The molecule has 0 radical (unpaired) electrons. The number of carbonyl (C=O) groups excluding carboxylic acids is 3. The summed E-state index contributed by atoms with van der Waals surface area (Å²) in [5.74, 6) is -3.89. The average molecular weight is 376 g/mol. The number of esters is 2. The summed E-state index contributed by atoms with van der Waals surface area (Å²) in [6.07, 6.45) is 1.19. The molecule has 0 atom stereocenters. The fourth-order valence-corrected chi connectivity index (χ4v) is 2.54. The maximum atomic E-state index is 11.9. The summed E-state index contributed by atoms with van der Waals surface area (Å²) in [6, 6.07) is 7.34. The molecule has 26 heavy (non-hydrogen) atoms. The molecule has 0 aliphatic carbocycles. The van der Waals surface area contributed by atoms with E-state index in [1.54, 1.807) is 12.1 Å². The first-order chi connectivity index (χ1) is 12.2. The van der Waals surface area contributed by atoms with E-state index in [-0.39, 0.29) is 21.9 Å². The van der Waals surface area contributed by atoms with Crippen LogP contribution in [0.5, 0.6) is 0 Å². The third-order valence-electron chi connectivity index (χ3n) is 3.50. The molecular weight excluding hydrogens is 364 g/mol. The van der Waals surface area contributed by atoms with E-state index >= 15 is 0 Å². The second kappa shape index (κ2) is 6.34. The predicted molar refractivity (Wildman–Crippen MR) is 87.7 cm³/mol. The van der Waals surface area contributed by atoms with Gasteiger partial charge < -0.3 is 23.8 Å². The van der Waals surface area contributed by atoms with E-state index < -0.39 is 23.7 Å². The molecule has 1 saturated heterocycles. The van der Waals surface area contributed by atoms with Crippen molar-refractivity contribution < 1.29 is 33.4 Å². The maximum absolute atomic E-state index is 11.9. The van der Waals surface area contributed by atoms with Crippen molar-refractivity contribution in [2.75, 3.05) is 0 Å². The summed E-state index contributed by atoms with van der Waals surface area (Å²) < 4.78 is 15.5. The summed E-state index contributed by atoms with van der Waals surface area (Å²) in [7, 11) is 0. The van der Waals surface area contributed by atoms with E-state index in [1.807, 2.05) is 0 Å².